The number of carbonyl (C=O) groups excluding carboxylic acids is 1. The minimum absolute atomic E-state index is 0.0920. The van der Waals surface area contributed by atoms with E-state index < -0.39 is 119 Å². The zero-order valence-electron chi connectivity index (χ0n) is 36.3. The molecule has 1 N–H and O–H groups in total. The second-order valence-electron chi connectivity index (χ2n) is 6.51. The Balaban J connectivity index is 2.00. The molecule has 1 saturated heterocycles. The van der Waals surface area contributed by atoms with Gasteiger partial charge in [-0.15, -0.1) is 0 Å². The van der Waals surface area contributed by atoms with E-state index in [1.54, 1.807) is 0 Å². The third-order valence-electron chi connectivity index (χ3n) is 4.26. The van der Waals surface area contributed by atoms with Gasteiger partial charge in [-0.25, -0.2) is 9.18 Å². The lowest BCUT2D eigenvalue weighted by Crippen LogP contribution is -2.49. The Labute approximate surface area is 213 Å². The minimum atomic E-state index is -3.96. The van der Waals surface area contributed by atoms with Crippen molar-refractivity contribution in [2.45, 2.75) is 45.7 Å². The number of likely N-dealkylation sites (tertiary alicyclic amines) is 1. The predicted molar refractivity (Wildman–Crippen MR) is 121 cm³/mol. The van der Waals surface area contributed by atoms with Gasteiger partial charge in [-0.05, 0) is 74.0 Å². The number of urea groups is 1. The van der Waals surface area contributed by atoms with Crippen molar-refractivity contribution in [2.24, 2.45) is 5.89 Å². The molecular formula is C25H34FN3O2. The standard InChI is InChI=1S/C25H34FN3O2/c1-19(2)18-31-24-10-6-20(7-11-24)16-27-25(30)29(23-12-14-28(3)15-13-23)17-21-4-8-22(26)9-5-21/h4-11,19,23H,12-18H2,1-3H3,(H,27,30)/i1D3,2D3,3D3,6D,7D,10D,11D,14D2,15D2,18D2,19D. The second-order valence-corrected chi connectivity index (χ2v) is 6.51. The van der Waals surface area contributed by atoms with Crippen LogP contribution in [0.25, 0.3) is 0 Å². The highest BCUT2D eigenvalue weighted by Crippen LogP contribution is 2.19. The highest BCUT2D eigenvalue weighted by Gasteiger charge is 2.27. The Morgan fingerprint density at radius 3 is 2.68 bits per heavy atom. The molecule has 6 heteroatoms. The van der Waals surface area contributed by atoms with Gasteiger partial charge in [-0.1, -0.05) is 37.9 Å². The van der Waals surface area contributed by atoms with E-state index in [0.717, 1.165) is 17.0 Å². The number of hydrogen-bond donors (Lipinski definition) is 1. The first-order chi connectivity index (χ1) is 22.8. The molecule has 168 valence electrons. The summed E-state index contributed by atoms with van der Waals surface area (Å²) in [6.07, 6.45) is -1.39. The van der Waals surface area contributed by atoms with E-state index in [1.807, 2.05) is 0 Å². The summed E-state index contributed by atoms with van der Waals surface area (Å²) >= 11 is 0. The molecule has 0 bridgehead atoms. The van der Waals surface area contributed by atoms with Crippen LogP contribution < -0.4 is 10.1 Å². The number of amides is 2. The maximum atomic E-state index is 13.7. The van der Waals surface area contributed by atoms with Crippen molar-refractivity contribution in [1.29, 1.82) is 0 Å². The van der Waals surface area contributed by atoms with Gasteiger partial charge in [0.15, 0.2) is 0 Å². The van der Waals surface area contributed by atoms with Crippen molar-refractivity contribution in [1.82, 2.24) is 15.1 Å². The van der Waals surface area contributed by atoms with E-state index in [0.29, 0.717) is 5.56 Å². The number of piperidine rings is 1. The van der Waals surface area contributed by atoms with E-state index >= 15 is 0 Å². The van der Waals surface area contributed by atoms with Crippen LogP contribution in [0, 0.1) is 11.7 Å². The Kier molecular flexibility index (Phi) is 3.02. The molecule has 31 heavy (non-hydrogen) atoms. The molecule has 1 aliphatic heterocycles. The van der Waals surface area contributed by atoms with Crippen LogP contribution in [0.3, 0.4) is 0 Å². The summed E-state index contributed by atoms with van der Waals surface area (Å²) in [6.45, 7) is -21.6. The van der Waals surface area contributed by atoms with Crippen LogP contribution in [0.1, 0.15) is 65.1 Å². The quantitative estimate of drug-likeness (QED) is 0.640. The van der Waals surface area contributed by atoms with Crippen molar-refractivity contribution in [3.63, 3.8) is 0 Å². The van der Waals surface area contributed by atoms with E-state index in [1.165, 1.54) is 12.1 Å². The van der Waals surface area contributed by atoms with Crippen LogP contribution in [0.4, 0.5) is 9.18 Å². The maximum absolute atomic E-state index is 13.7. The lowest BCUT2D eigenvalue weighted by Gasteiger charge is -2.37. The number of halogens is 1. The summed E-state index contributed by atoms with van der Waals surface area (Å²) in [7, 11) is 0. The molecule has 5 nitrogen and oxygen atoms in total. The molecule has 2 amide bonds. The SMILES string of the molecule is [2H]c1c([2H])c(OC([2H])([2H])C([2H])(C([2H])([2H])[2H])C([2H])([2H])[2H])c([2H])c([2H])c1CNC(=O)N(Cc1ccc(F)cc1)C1CC([2H])([2H])N(C([2H])([2H])[2H])C([2H])([2H])C1. The number of rotatable bonds is 8. The predicted octanol–water partition coefficient (Wildman–Crippen LogP) is 4.67. The van der Waals surface area contributed by atoms with E-state index in [-0.39, 0.29) is 11.4 Å². The largest absolute Gasteiger partial charge is 0.493 e. The van der Waals surface area contributed by atoms with E-state index in [9.17, 15) is 9.18 Å². The Morgan fingerprint density at radius 2 is 2.03 bits per heavy atom. The number of hydrogen-bond acceptors (Lipinski definition) is 3. The molecule has 3 rings (SSSR count). The van der Waals surface area contributed by atoms with Gasteiger partial charge in [0.05, 0.1) is 14.8 Å². The van der Waals surface area contributed by atoms with Gasteiger partial charge < -0.3 is 19.9 Å². The van der Waals surface area contributed by atoms with Gasteiger partial charge in [0.25, 0.3) is 0 Å². The van der Waals surface area contributed by atoms with Crippen LogP contribution in [0.2, 0.25) is 0 Å². The first kappa shape index (κ1) is 8.39. The van der Waals surface area contributed by atoms with Gasteiger partial charge >= 0.3 is 6.03 Å². The van der Waals surface area contributed by atoms with E-state index in [2.05, 4.69) is 5.32 Å². The van der Waals surface area contributed by atoms with Crippen LogP contribution in [0.15, 0.2) is 48.4 Å². The van der Waals surface area contributed by atoms with Gasteiger partial charge in [0.1, 0.15) is 11.6 Å². The molecule has 2 aromatic carbocycles. The number of nitrogens with zero attached hydrogens (tertiary/aromatic N) is 2. The fourth-order valence-electron chi connectivity index (χ4n) is 2.73. The smallest absolute Gasteiger partial charge is 0.318 e. The van der Waals surface area contributed by atoms with Crippen LogP contribution in [0.5, 0.6) is 5.75 Å². The summed E-state index contributed by atoms with van der Waals surface area (Å²) in [6, 6.07) is -1.79. The third kappa shape index (κ3) is 7.24. The summed E-state index contributed by atoms with van der Waals surface area (Å²) in [5.74, 6) is -5.80. The fraction of sp³-hybridized carbons (Fsp3) is 0.480. The number of ether oxygens (including phenoxy) is 1. The summed E-state index contributed by atoms with van der Waals surface area (Å²) < 4.78 is 178. The fourth-order valence-corrected chi connectivity index (χ4v) is 2.73. The molecule has 1 aliphatic rings. The number of nitrogens with one attached hydrogen (secondary N) is 1. The molecular weight excluding hydrogens is 393 g/mol. The first-order valence-corrected chi connectivity index (χ1v) is 9.18. The zero-order valence-corrected chi connectivity index (χ0v) is 16.3. The molecule has 0 radical (unpaired) electrons. The number of benzene rings is 2. The first-order valence-electron chi connectivity index (χ1n) is 19.2. The summed E-state index contributed by atoms with van der Waals surface area (Å²) in [5.41, 5.74) is -0.231. The molecule has 0 aliphatic carbocycles. The molecule has 2 aromatic rings. The van der Waals surface area contributed by atoms with Crippen molar-refractivity contribution in [2.75, 3.05) is 26.5 Å². The molecule has 1 heterocycles. The van der Waals surface area contributed by atoms with Crippen molar-refractivity contribution in [3.8, 4) is 5.75 Å². The normalized spacial score (nSPS) is 29.8. The van der Waals surface area contributed by atoms with Crippen LogP contribution in [-0.2, 0) is 13.1 Å². The molecule has 0 atom stereocenters. The lowest BCUT2D eigenvalue weighted by atomic mass is 10.0. The Hall–Kier alpha value is -2.60. The number of carbonyl (C=O) groups is 1. The van der Waals surface area contributed by atoms with Crippen molar-refractivity contribution >= 4 is 6.03 Å². The molecule has 0 saturated carbocycles. The second kappa shape index (κ2) is 11.1. The van der Waals surface area contributed by atoms with Gasteiger partial charge in [-0.3, -0.25) is 0 Å². The highest BCUT2D eigenvalue weighted by atomic mass is 19.1. The Bertz CT molecular complexity index is 1550. The zero-order chi connectivity index (χ0) is 39.5. The summed E-state index contributed by atoms with van der Waals surface area (Å²) in [5, 5.41) is 2.33. The Morgan fingerprint density at radius 1 is 1.32 bits per heavy atom. The van der Waals surface area contributed by atoms with Gasteiger partial charge in [0.2, 0.25) is 0 Å². The van der Waals surface area contributed by atoms with Crippen LogP contribution in [-0.4, -0.2) is 48.4 Å². The van der Waals surface area contributed by atoms with Crippen LogP contribution >= 0.6 is 0 Å². The maximum Gasteiger partial charge on any atom is 0.318 e. The van der Waals surface area contributed by atoms with E-state index in [4.69, 9.17) is 32.2 Å². The topological polar surface area (TPSA) is 44.8 Å². The van der Waals surface area contributed by atoms with Gasteiger partial charge in [-0.2, -0.15) is 0 Å². The molecule has 1 fully saturated rings. The molecule has 0 aromatic heterocycles. The molecule has 0 spiro atoms. The van der Waals surface area contributed by atoms with Crippen molar-refractivity contribution in [3.05, 3.63) is 65.4 Å². The monoisotopic (exact) mass is 447 g/mol. The average Bonchev–Trinajstić information content (AvgIpc) is 2.94. The van der Waals surface area contributed by atoms with Crippen molar-refractivity contribution < 1.29 is 41.3 Å². The molecule has 0 unspecified atom stereocenters. The average molecular weight is 448 g/mol. The van der Waals surface area contributed by atoms with Gasteiger partial charge in [0, 0.05) is 38.3 Å². The summed E-state index contributed by atoms with van der Waals surface area (Å²) in [4.78, 5) is 14.7. The minimum Gasteiger partial charge on any atom is -0.493 e. The third-order valence-corrected chi connectivity index (χ3v) is 4.26. The lowest BCUT2D eigenvalue weighted by molar-refractivity contribution is 0.127. The highest BCUT2D eigenvalue weighted by molar-refractivity contribution is 5.74.